The van der Waals surface area contributed by atoms with Crippen molar-refractivity contribution >= 4 is 17.7 Å². The summed E-state index contributed by atoms with van der Waals surface area (Å²) in [5.41, 5.74) is -0.499. The van der Waals surface area contributed by atoms with Crippen LogP contribution in [0, 0.1) is 17.6 Å². The number of hydrogen-bond acceptors (Lipinski definition) is 4. The number of nitrogens with one attached hydrogen (secondary N) is 1. The van der Waals surface area contributed by atoms with Crippen LogP contribution >= 0.6 is 0 Å². The number of ketones is 1. The Bertz CT molecular complexity index is 633. The molecule has 1 N–H and O–H groups in total. The number of carbonyl (C=O) groups excluding carboxylic acids is 3. The Morgan fingerprint density at radius 3 is 2.74 bits per heavy atom. The van der Waals surface area contributed by atoms with Gasteiger partial charge in [0, 0.05) is 12.8 Å². The van der Waals surface area contributed by atoms with E-state index in [9.17, 15) is 23.2 Å². The second-order valence-corrected chi connectivity index (χ2v) is 5.47. The number of Topliss-reactive ketones (excluding diaryl/α,β-unsaturated/α-hetero) is 1. The highest BCUT2D eigenvalue weighted by atomic mass is 19.2. The third-order valence-electron chi connectivity index (χ3n) is 3.93. The van der Waals surface area contributed by atoms with Gasteiger partial charge < -0.3 is 10.1 Å². The van der Waals surface area contributed by atoms with E-state index in [4.69, 9.17) is 0 Å². The molecule has 2 rings (SSSR count). The molecule has 1 aromatic carbocycles. The van der Waals surface area contributed by atoms with Crippen LogP contribution in [0.4, 0.5) is 8.78 Å². The van der Waals surface area contributed by atoms with E-state index in [2.05, 4.69) is 10.1 Å². The summed E-state index contributed by atoms with van der Waals surface area (Å²) in [5.74, 6) is -4.48. The van der Waals surface area contributed by atoms with Crippen LogP contribution in [0.15, 0.2) is 18.2 Å². The molecule has 0 aromatic heterocycles. The Balaban J connectivity index is 2.20. The highest BCUT2D eigenvalue weighted by Crippen LogP contribution is 2.25. The summed E-state index contributed by atoms with van der Waals surface area (Å²) in [7, 11) is 1.16. The number of amides is 1. The number of hydrogen-bond donors (Lipinski definition) is 1. The van der Waals surface area contributed by atoms with E-state index in [-0.39, 0.29) is 12.2 Å². The van der Waals surface area contributed by atoms with E-state index in [1.54, 1.807) is 0 Å². The second-order valence-electron chi connectivity index (χ2n) is 5.47. The zero-order valence-electron chi connectivity index (χ0n) is 12.6. The van der Waals surface area contributed by atoms with Crippen molar-refractivity contribution in [1.29, 1.82) is 0 Å². The molecule has 23 heavy (non-hydrogen) atoms. The van der Waals surface area contributed by atoms with Gasteiger partial charge in [-0.2, -0.15) is 0 Å². The van der Waals surface area contributed by atoms with E-state index < -0.39 is 41.0 Å². The van der Waals surface area contributed by atoms with E-state index in [0.29, 0.717) is 19.3 Å². The molecule has 1 aliphatic rings. The average Bonchev–Trinajstić information content (AvgIpc) is 2.54. The van der Waals surface area contributed by atoms with Crippen LogP contribution in [0.1, 0.15) is 36.0 Å². The van der Waals surface area contributed by atoms with Gasteiger partial charge in [-0.1, -0.05) is 6.07 Å². The van der Waals surface area contributed by atoms with Crippen LogP contribution in [0.5, 0.6) is 0 Å². The van der Waals surface area contributed by atoms with Gasteiger partial charge in [0.05, 0.1) is 12.7 Å². The topological polar surface area (TPSA) is 72.5 Å². The van der Waals surface area contributed by atoms with Crippen LogP contribution in [0.25, 0.3) is 0 Å². The normalized spacial score (nSPS) is 19.1. The maximum absolute atomic E-state index is 13.7. The molecule has 7 heteroatoms. The van der Waals surface area contributed by atoms with Crippen LogP contribution in [-0.2, 0) is 14.3 Å². The SMILES string of the molecule is COC(=O)[C@@H](NC(=O)c1cccc(F)c1F)[C@@H]1CCCC(=O)C1. The van der Waals surface area contributed by atoms with Gasteiger partial charge in [0.1, 0.15) is 11.8 Å². The number of esters is 1. The monoisotopic (exact) mass is 325 g/mol. The molecule has 0 bridgehead atoms. The molecule has 5 nitrogen and oxygen atoms in total. The molecular weight excluding hydrogens is 308 g/mol. The maximum atomic E-state index is 13.7. The van der Waals surface area contributed by atoms with Crippen molar-refractivity contribution in [1.82, 2.24) is 5.32 Å². The molecule has 0 spiro atoms. The quantitative estimate of drug-likeness (QED) is 0.860. The average molecular weight is 325 g/mol. The Hall–Kier alpha value is -2.31. The number of rotatable bonds is 4. The van der Waals surface area contributed by atoms with Crippen LogP contribution in [0.2, 0.25) is 0 Å². The van der Waals surface area contributed by atoms with Crippen molar-refractivity contribution in [2.24, 2.45) is 5.92 Å². The number of ether oxygens (including phenoxy) is 1. The summed E-state index contributed by atoms with van der Waals surface area (Å²) >= 11 is 0. The maximum Gasteiger partial charge on any atom is 0.328 e. The number of methoxy groups -OCH3 is 1. The summed E-state index contributed by atoms with van der Waals surface area (Å²) in [5, 5.41) is 2.37. The number of benzene rings is 1. The number of halogens is 2. The van der Waals surface area contributed by atoms with Gasteiger partial charge in [-0.05, 0) is 30.9 Å². The molecule has 1 saturated carbocycles. The third-order valence-corrected chi connectivity index (χ3v) is 3.93. The molecule has 1 amide bonds. The van der Waals surface area contributed by atoms with Crippen LogP contribution < -0.4 is 5.32 Å². The van der Waals surface area contributed by atoms with Crippen LogP contribution in [-0.4, -0.2) is 30.8 Å². The Kier molecular flexibility index (Phi) is 5.41. The second kappa shape index (κ2) is 7.30. The molecule has 0 saturated heterocycles. The minimum Gasteiger partial charge on any atom is -0.467 e. The van der Waals surface area contributed by atoms with Crippen molar-refractivity contribution in [2.75, 3.05) is 7.11 Å². The largest absolute Gasteiger partial charge is 0.467 e. The number of carbonyl (C=O) groups is 3. The van der Waals surface area contributed by atoms with E-state index >= 15 is 0 Å². The molecule has 1 aliphatic carbocycles. The minimum absolute atomic E-state index is 0.00124. The first-order valence-corrected chi connectivity index (χ1v) is 7.28. The Morgan fingerprint density at radius 1 is 1.35 bits per heavy atom. The van der Waals surface area contributed by atoms with Gasteiger partial charge in [-0.25, -0.2) is 13.6 Å². The zero-order valence-corrected chi connectivity index (χ0v) is 12.6. The lowest BCUT2D eigenvalue weighted by molar-refractivity contribution is -0.145. The van der Waals surface area contributed by atoms with E-state index in [1.165, 1.54) is 6.07 Å². The smallest absolute Gasteiger partial charge is 0.328 e. The zero-order chi connectivity index (χ0) is 17.0. The highest BCUT2D eigenvalue weighted by Gasteiger charge is 2.34. The first-order chi connectivity index (χ1) is 10.9. The van der Waals surface area contributed by atoms with Crippen molar-refractivity contribution < 1.29 is 27.9 Å². The van der Waals surface area contributed by atoms with Crippen molar-refractivity contribution in [3.8, 4) is 0 Å². The lowest BCUT2D eigenvalue weighted by Crippen LogP contribution is -2.48. The summed E-state index contributed by atoms with van der Waals surface area (Å²) in [6.07, 6.45) is 1.77. The standard InChI is InChI=1S/C16H17F2NO4/c1-23-16(22)14(9-4-2-5-10(20)8-9)19-15(21)11-6-3-7-12(17)13(11)18/h3,6-7,9,14H,2,4-5,8H2,1H3,(H,19,21)/t9-,14+/m1/s1. The van der Waals surface area contributed by atoms with Gasteiger partial charge >= 0.3 is 5.97 Å². The molecule has 124 valence electrons. The molecule has 1 fully saturated rings. The molecule has 0 aliphatic heterocycles. The molecular formula is C16H17F2NO4. The van der Waals surface area contributed by atoms with Crippen molar-refractivity contribution in [3.63, 3.8) is 0 Å². The van der Waals surface area contributed by atoms with E-state index in [0.717, 1.165) is 19.2 Å². The van der Waals surface area contributed by atoms with Crippen molar-refractivity contribution in [2.45, 2.75) is 31.7 Å². The first kappa shape index (κ1) is 17.1. The van der Waals surface area contributed by atoms with Crippen LogP contribution in [0.3, 0.4) is 0 Å². The predicted octanol–water partition coefficient (Wildman–Crippen LogP) is 2.00. The van der Waals surface area contributed by atoms with E-state index in [1.807, 2.05) is 0 Å². The van der Waals surface area contributed by atoms with Crippen molar-refractivity contribution in [3.05, 3.63) is 35.4 Å². The van der Waals surface area contributed by atoms with Gasteiger partial charge in [0.25, 0.3) is 5.91 Å². The molecule has 2 atom stereocenters. The Morgan fingerprint density at radius 2 is 2.09 bits per heavy atom. The highest BCUT2D eigenvalue weighted by molar-refractivity contribution is 5.97. The Labute approximate surface area is 132 Å². The van der Waals surface area contributed by atoms with Gasteiger partial charge in [0.2, 0.25) is 0 Å². The molecule has 0 heterocycles. The third kappa shape index (κ3) is 3.91. The van der Waals surface area contributed by atoms with Gasteiger partial charge in [-0.15, -0.1) is 0 Å². The first-order valence-electron chi connectivity index (χ1n) is 7.28. The predicted molar refractivity (Wildman–Crippen MR) is 76.6 cm³/mol. The summed E-state index contributed by atoms with van der Waals surface area (Å²) in [6, 6.07) is 2.14. The summed E-state index contributed by atoms with van der Waals surface area (Å²) in [6.45, 7) is 0. The fourth-order valence-electron chi connectivity index (χ4n) is 2.74. The van der Waals surface area contributed by atoms with Gasteiger partial charge in [-0.3, -0.25) is 9.59 Å². The molecule has 0 radical (unpaired) electrons. The summed E-state index contributed by atoms with van der Waals surface area (Å²) < 4.78 is 31.6. The minimum atomic E-state index is -1.28. The fraction of sp³-hybridized carbons (Fsp3) is 0.438. The summed E-state index contributed by atoms with van der Waals surface area (Å²) in [4.78, 5) is 35.7. The molecule has 1 aromatic rings. The fourth-order valence-corrected chi connectivity index (χ4v) is 2.74. The lowest BCUT2D eigenvalue weighted by atomic mass is 9.83. The molecule has 0 unspecified atom stereocenters. The van der Waals surface area contributed by atoms with Gasteiger partial charge in [0.15, 0.2) is 11.6 Å². The lowest BCUT2D eigenvalue weighted by Gasteiger charge is -2.28.